The molecule has 0 N–H and O–H groups in total. The number of Topliss-reactive ketones (excluding diaryl/α,β-unsaturated/α-hetero) is 1. The molecule has 0 saturated carbocycles. The molecule has 0 bridgehead atoms. The van der Waals surface area contributed by atoms with Crippen LogP contribution in [0.3, 0.4) is 0 Å². The molecule has 7 nitrogen and oxygen atoms in total. The van der Waals surface area contributed by atoms with E-state index in [0.717, 1.165) is 11.3 Å². The van der Waals surface area contributed by atoms with E-state index in [1.54, 1.807) is 6.92 Å². The summed E-state index contributed by atoms with van der Waals surface area (Å²) in [6.45, 7) is 3.44. The number of aromatic nitrogens is 1. The molecule has 0 aromatic carbocycles. The molecule has 0 aliphatic carbocycles. The molecule has 0 radical (unpaired) electrons. The highest BCUT2D eigenvalue weighted by Gasteiger charge is 2.32. The Hall–Kier alpha value is -1.48. The van der Waals surface area contributed by atoms with Crippen LogP contribution in [-0.4, -0.2) is 56.4 Å². The van der Waals surface area contributed by atoms with E-state index < -0.39 is 15.8 Å². The Labute approximate surface area is 126 Å². The van der Waals surface area contributed by atoms with Gasteiger partial charge in [-0.25, -0.2) is 18.2 Å². The minimum atomic E-state index is -3.04. The van der Waals surface area contributed by atoms with Crippen molar-refractivity contribution in [2.45, 2.75) is 19.9 Å². The Bertz CT molecular complexity index is 680. The molecular formula is C12H16N2O5S2. The number of nitrogens with zero attached hydrogens (tertiary/aromatic N) is 2. The van der Waals surface area contributed by atoms with Gasteiger partial charge in [-0.15, -0.1) is 0 Å². The number of hydrogen-bond acceptors (Lipinski definition) is 8. The topological polar surface area (TPSA) is 93.6 Å². The summed E-state index contributed by atoms with van der Waals surface area (Å²) in [5, 5.41) is 0.475. The third-order valence-electron chi connectivity index (χ3n) is 3.23. The number of ether oxygens (including phenoxy) is 1. The number of carbonyl (C=O) groups excluding carboxylic acids is 2. The van der Waals surface area contributed by atoms with Crippen molar-refractivity contribution in [2.24, 2.45) is 0 Å². The number of hydrogen-bond donors (Lipinski definition) is 0. The smallest absolute Gasteiger partial charge is 0.358 e. The van der Waals surface area contributed by atoms with E-state index in [9.17, 15) is 18.0 Å². The number of methoxy groups -OCH3 is 1. The summed E-state index contributed by atoms with van der Waals surface area (Å²) in [5.74, 6) is -0.855. The van der Waals surface area contributed by atoms with Gasteiger partial charge in [0.2, 0.25) is 0 Å². The standard InChI is InChI=1S/C12H16N2O5S2/c1-7-6-21(17,18)5-4-14(7)12-13-9(11(16)19-3)10(20-12)8(2)15/h7H,4-6H2,1-3H3. The average molecular weight is 332 g/mol. The Morgan fingerprint density at radius 3 is 2.62 bits per heavy atom. The lowest BCUT2D eigenvalue weighted by Crippen LogP contribution is -2.47. The first-order chi connectivity index (χ1) is 9.75. The summed E-state index contributed by atoms with van der Waals surface area (Å²) >= 11 is 1.09. The van der Waals surface area contributed by atoms with Gasteiger partial charge in [-0.2, -0.15) is 0 Å². The first-order valence-electron chi connectivity index (χ1n) is 6.32. The highest BCUT2D eigenvalue weighted by molar-refractivity contribution is 7.91. The van der Waals surface area contributed by atoms with Crippen molar-refractivity contribution in [3.63, 3.8) is 0 Å². The Balaban J connectivity index is 2.37. The van der Waals surface area contributed by atoms with Crippen molar-refractivity contribution < 1.29 is 22.7 Å². The van der Waals surface area contributed by atoms with Gasteiger partial charge >= 0.3 is 5.97 Å². The van der Waals surface area contributed by atoms with Crippen molar-refractivity contribution in [3.05, 3.63) is 10.6 Å². The summed E-state index contributed by atoms with van der Waals surface area (Å²) in [7, 11) is -1.81. The molecule has 1 aromatic rings. The van der Waals surface area contributed by atoms with Crippen molar-refractivity contribution in [1.82, 2.24) is 4.98 Å². The van der Waals surface area contributed by atoms with E-state index in [4.69, 9.17) is 0 Å². The largest absolute Gasteiger partial charge is 0.464 e. The van der Waals surface area contributed by atoms with Crippen molar-refractivity contribution in [2.75, 3.05) is 30.1 Å². The molecule has 1 atom stereocenters. The number of carbonyl (C=O) groups is 2. The number of thiazole rings is 1. The first-order valence-corrected chi connectivity index (χ1v) is 8.96. The van der Waals surface area contributed by atoms with Crippen molar-refractivity contribution in [3.8, 4) is 0 Å². The SMILES string of the molecule is COC(=O)c1nc(N2CCS(=O)(=O)CC2C)sc1C(C)=O. The van der Waals surface area contributed by atoms with Crippen LogP contribution in [0.1, 0.15) is 34.0 Å². The second-order valence-corrected chi connectivity index (χ2v) is 8.08. The number of anilines is 1. The lowest BCUT2D eigenvalue weighted by Gasteiger charge is -2.32. The molecule has 116 valence electrons. The predicted molar refractivity (Wildman–Crippen MR) is 78.9 cm³/mol. The van der Waals surface area contributed by atoms with E-state index in [-0.39, 0.29) is 33.9 Å². The highest BCUT2D eigenvalue weighted by atomic mass is 32.2. The van der Waals surface area contributed by atoms with Gasteiger partial charge in [0.1, 0.15) is 4.88 Å². The monoisotopic (exact) mass is 332 g/mol. The van der Waals surface area contributed by atoms with Gasteiger partial charge in [0.15, 0.2) is 26.4 Å². The summed E-state index contributed by atoms with van der Waals surface area (Å²) in [6, 6.07) is -0.250. The molecule has 0 spiro atoms. The number of ketones is 1. The Kier molecular flexibility index (Phi) is 4.33. The van der Waals surface area contributed by atoms with Crippen molar-refractivity contribution >= 4 is 38.1 Å². The van der Waals surface area contributed by atoms with Crippen LogP contribution >= 0.6 is 11.3 Å². The quantitative estimate of drug-likeness (QED) is 0.595. The fourth-order valence-electron chi connectivity index (χ4n) is 2.19. The molecular weight excluding hydrogens is 316 g/mol. The maximum absolute atomic E-state index is 11.7. The summed E-state index contributed by atoms with van der Waals surface area (Å²) < 4.78 is 27.8. The predicted octanol–water partition coefficient (Wildman–Crippen LogP) is 0.756. The molecule has 1 fully saturated rings. The van der Waals surface area contributed by atoms with Crippen molar-refractivity contribution in [1.29, 1.82) is 0 Å². The zero-order valence-electron chi connectivity index (χ0n) is 12.0. The van der Waals surface area contributed by atoms with Crippen LogP contribution in [0, 0.1) is 0 Å². The third kappa shape index (κ3) is 3.24. The van der Waals surface area contributed by atoms with Crippen LogP contribution in [0.4, 0.5) is 5.13 Å². The molecule has 21 heavy (non-hydrogen) atoms. The molecule has 1 aromatic heterocycles. The minimum absolute atomic E-state index is 0.00868. The third-order valence-corrected chi connectivity index (χ3v) is 6.22. The van der Waals surface area contributed by atoms with Gasteiger partial charge in [-0.3, -0.25) is 4.79 Å². The van der Waals surface area contributed by atoms with Gasteiger partial charge in [-0.05, 0) is 6.92 Å². The molecule has 9 heteroatoms. The van der Waals surface area contributed by atoms with Crippen LogP contribution in [0.2, 0.25) is 0 Å². The zero-order chi connectivity index (χ0) is 15.8. The Morgan fingerprint density at radius 1 is 1.43 bits per heavy atom. The highest BCUT2D eigenvalue weighted by Crippen LogP contribution is 2.30. The second kappa shape index (κ2) is 5.72. The maximum Gasteiger partial charge on any atom is 0.358 e. The molecule has 1 aliphatic rings. The van der Waals surface area contributed by atoms with E-state index in [1.807, 2.05) is 4.90 Å². The number of rotatable bonds is 3. The Morgan fingerprint density at radius 2 is 2.10 bits per heavy atom. The molecule has 0 amide bonds. The van der Waals surface area contributed by atoms with Crippen LogP contribution in [0.15, 0.2) is 0 Å². The summed E-state index contributed by atoms with van der Waals surface area (Å²) in [5.41, 5.74) is -0.00868. The molecule has 1 saturated heterocycles. The fraction of sp³-hybridized carbons (Fsp3) is 0.583. The minimum Gasteiger partial charge on any atom is -0.464 e. The summed E-state index contributed by atoms with van der Waals surface area (Å²) in [4.78, 5) is 29.5. The van der Waals surface area contributed by atoms with Gasteiger partial charge < -0.3 is 9.64 Å². The van der Waals surface area contributed by atoms with Crippen LogP contribution < -0.4 is 4.90 Å². The fourth-order valence-corrected chi connectivity index (χ4v) is 4.82. The maximum atomic E-state index is 11.7. The van der Waals surface area contributed by atoms with Gasteiger partial charge in [-0.1, -0.05) is 11.3 Å². The van der Waals surface area contributed by atoms with Crippen LogP contribution in [0.5, 0.6) is 0 Å². The average Bonchev–Trinajstić information content (AvgIpc) is 2.81. The van der Waals surface area contributed by atoms with Crippen LogP contribution in [-0.2, 0) is 14.6 Å². The van der Waals surface area contributed by atoms with E-state index in [1.165, 1.54) is 14.0 Å². The van der Waals surface area contributed by atoms with E-state index >= 15 is 0 Å². The lowest BCUT2D eigenvalue weighted by atomic mass is 10.3. The normalized spacial score (nSPS) is 21.1. The molecule has 1 unspecified atom stereocenters. The second-order valence-electron chi connectivity index (χ2n) is 4.88. The number of esters is 1. The molecule has 2 heterocycles. The zero-order valence-corrected chi connectivity index (χ0v) is 13.6. The summed E-state index contributed by atoms with van der Waals surface area (Å²) in [6.07, 6.45) is 0. The number of sulfone groups is 1. The first kappa shape index (κ1) is 15.9. The van der Waals surface area contributed by atoms with E-state index in [0.29, 0.717) is 11.7 Å². The molecule has 1 aliphatic heterocycles. The lowest BCUT2D eigenvalue weighted by molar-refractivity contribution is 0.0591. The van der Waals surface area contributed by atoms with E-state index in [2.05, 4.69) is 9.72 Å². The van der Waals surface area contributed by atoms with Gasteiger partial charge in [0.25, 0.3) is 0 Å². The molecule has 2 rings (SSSR count). The van der Waals surface area contributed by atoms with Gasteiger partial charge in [0, 0.05) is 19.5 Å². The van der Waals surface area contributed by atoms with Gasteiger partial charge in [0.05, 0.1) is 18.6 Å². The van der Waals surface area contributed by atoms with Crippen LogP contribution in [0.25, 0.3) is 0 Å².